The van der Waals surface area contributed by atoms with Gasteiger partial charge >= 0.3 is 17.1 Å². The molecule has 0 heterocycles. The zero-order chi connectivity index (χ0) is 11.9. The summed E-state index contributed by atoms with van der Waals surface area (Å²) in [5.74, 6) is 0.314. The molecule has 93 valence electrons. The van der Waals surface area contributed by atoms with Gasteiger partial charge in [-0.15, -0.1) is 12.1 Å². The Morgan fingerprint density at radius 1 is 1.24 bits per heavy atom. The predicted octanol–water partition coefficient (Wildman–Crippen LogP) is 1.66. The fourth-order valence-corrected chi connectivity index (χ4v) is 1.45. The molecular weight excluding hydrogens is 281 g/mol. The fourth-order valence-electron chi connectivity index (χ4n) is 0.936. The molecule has 0 fully saturated rings. The van der Waals surface area contributed by atoms with E-state index in [-0.39, 0.29) is 17.1 Å². The van der Waals surface area contributed by atoms with Gasteiger partial charge in [0.2, 0.25) is 0 Å². The van der Waals surface area contributed by atoms with Crippen molar-refractivity contribution < 1.29 is 31.1 Å². The van der Waals surface area contributed by atoms with E-state index in [0.29, 0.717) is 5.75 Å². The molecule has 2 aromatic rings. The molecule has 0 aliphatic carbocycles. The van der Waals surface area contributed by atoms with Crippen molar-refractivity contribution in [2.45, 2.75) is 0 Å². The molecule has 0 bridgehead atoms. The molecule has 0 spiro atoms. The maximum atomic E-state index is 10.7. The second-order valence-corrected chi connectivity index (χ2v) is 4.74. The van der Waals surface area contributed by atoms with Crippen molar-refractivity contribution in [1.82, 2.24) is 0 Å². The summed E-state index contributed by atoms with van der Waals surface area (Å²) in [6.45, 7) is 0. The average molecular weight is 294 g/mol. The Morgan fingerprint density at radius 3 is 2.12 bits per heavy atom. The van der Waals surface area contributed by atoms with Crippen molar-refractivity contribution in [3.05, 3.63) is 54.6 Å². The van der Waals surface area contributed by atoms with Crippen molar-refractivity contribution in [2.75, 3.05) is 6.29 Å². The summed E-state index contributed by atoms with van der Waals surface area (Å²) in [6.07, 6.45) is -0.474. The van der Waals surface area contributed by atoms with Crippen molar-refractivity contribution in [1.29, 1.82) is 0 Å². The van der Waals surface area contributed by atoms with Crippen LogP contribution >= 0.6 is 7.60 Å². The van der Waals surface area contributed by atoms with Gasteiger partial charge in [0.15, 0.2) is 7.60 Å². The van der Waals surface area contributed by atoms with Gasteiger partial charge in [0.1, 0.15) is 0 Å². The predicted molar refractivity (Wildman–Crippen MR) is 61.4 cm³/mol. The van der Waals surface area contributed by atoms with Gasteiger partial charge in [-0.25, -0.2) is 24.3 Å². The molecule has 0 aromatic heterocycles. The van der Waals surface area contributed by atoms with Crippen molar-refractivity contribution in [3.63, 3.8) is 0 Å². The Kier molecular flexibility index (Phi) is 7.88. The number of hydrogen-bond donors (Lipinski definition) is 1. The molecule has 4 nitrogen and oxygen atoms in total. The van der Waals surface area contributed by atoms with E-state index in [9.17, 15) is 9.46 Å². The van der Waals surface area contributed by atoms with Crippen LogP contribution in [0.15, 0.2) is 54.6 Å². The molecule has 2 aromatic carbocycles. The molecule has 0 saturated heterocycles. The summed E-state index contributed by atoms with van der Waals surface area (Å²) in [5.41, 5.74) is 4.92. The Morgan fingerprint density at radius 2 is 1.76 bits per heavy atom. The zero-order valence-electron chi connectivity index (χ0n) is 9.01. The van der Waals surface area contributed by atoms with Gasteiger partial charge in [0, 0.05) is 5.75 Å². The molecule has 2 rings (SSSR count). The standard InChI is InChI=1S/C6H9NO3P.C5H5.Fe/c7-5-11(8,9)10-6-3-1-2-4-6;1-2-4-5-3-1;/h1-4H,5,7H2,(H,8,9);1-5H;/q2*-1;+3/p-1. The van der Waals surface area contributed by atoms with Crippen LogP contribution in [-0.2, 0) is 21.6 Å². The molecule has 17 heavy (non-hydrogen) atoms. The van der Waals surface area contributed by atoms with Crippen LogP contribution in [0, 0.1) is 0 Å². The van der Waals surface area contributed by atoms with E-state index >= 15 is 0 Å². The van der Waals surface area contributed by atoms with Crippen LogP contribution in [0.5, 0.6) is 5.75 Å². The normalized spacial score (nSPS) is 12.6. The third-order valence-electron chi connectivity index (χ3n) is 1.66. The summed E-state index contributed by atoms with van der Waals surface area (Å²) in [6, 6.07) is 16.5. The Bertz CT molecular complexity index is 397. The van der Waals surface area contributed by atoms with Gasteiger partial charge in [-0.3, -0.25) is 4.57 Å². The summed E-state index contributed by atoms with van der Waals surface area (Å²) in [7, 11) is -3.83. The minimum Gasteiger partial charge on any atom is -0.769 e. The van der Waals surface area contributed by atoms with Crippen LogP contribution in [0.3, 0.4) is 0 Å². The second kappa shape index (κ2) is 8.29. The number of hydrogen-bond acceptors (Lipinski definition) is 4. The maximum Gasteiger partial charge on any atom is 3.00 e. The van der Waals surface area contributed by atoms with Crippen LogP contribution in [-0.4, -0.2) is 6.29 Å². The third-order valence-corrected chi connectivity index (χ3v) is 2.59. The van der Waals surface area contributed by atoms with Gasteiger partial charge in [-0.2, -0.15) is 18.2 Å². The minimum absolute atomic E-state index is 0. The maximum absolute atomic E-state index is 10.7. The van der Waals surface area contributed by atoms with E-state index in [4.69, 9.17) is 5.73 Å². The van der Waals surface area contributed by atoms with Crippen LogP contribution in [0.25, 0.3) is 0 Å². The first-order valence-corrected chi connectivity index (χ1v) is 6.45. The fraction of sp³-hybridized carbons (Fsp3) is 0.0909. The molecule has 2 N–H and O–H groups in total. The quantitative estimate of drug-likeness (QED) is 0.530. The number of rotatable bonds is 3. The monoisotopic (exact) mass is 294 g/mol. The van der Waals surface area contributed by atoms with E-state index in [2.05, 4.69) is 4.52 Å². The van der Waals surface area contributed by atoms with E-state index in [0.717, 1.165) is 0 Å². The average Bonchev–Trinajstić information content (AvgIpc) is 2.91. The SMILES string of the molecule is NCP(=O)([O-])O[c-]1cccc1.[Fe+3].c1cc[cH-]c1. The molecule has 1 unspecified atom stereocenters. The summed E-state index contributed by atoms with van der Waals surface area (Å²) < 4.78 is 15.3. The summed E-state index contributed by atoms with van der Waals surface area (Å²) in [4.78, 5) is 10.7. The summed E-state index contributed by atoms with van der Waals surface area (Å²) >= 11 is 0. The largest absolute Gasteiger partial charge is 3.00 e. The smallest absolute Gasteiger partial charge is 0.769 e. The molecule has 0 aliphatic rings. The third kappa shape index (κ3) is 7.16. The van der Waals surface area contributed by atoms with E-state index in [1.165, 1.54) is 0 Å². The first-order chi connectivity index (χ1) is 7.64. The van der Waals surface area contributed by atoms with Gasteiger partial charge in [0.25, 0.3) is 0 Å². The van der Waals surface area contributed by atoms with E-state index < -0.39 is 13.9 Å². The molecule has 1 radical (unpaired) electrons. The van der Waals surface area contributed by atoms with Gasteiger partial charge in [-0.1, -0.05) is 0 Å². The van der Waals surface area contributed by atoms with Crippen LogP contribution in [0.2, 0.25) is 0 Å². The second-order valence-electron chi connectivity index (χ2n) is 2.97. The van der Waals surface area contributed by atoms with E-state index in [1.54, 1.807) is 24.3 Å². The Balaban J connectivity index is 0.000000360. The van der Waals surface area contributed by atoms with Crippen molar-refractivity contribution in [3.8, 4) is 5.75 Å². The Hall–Kier alpha value is -0.831. The van der Waals surface area contributed by atoms with E-state index in [1.807, 2.05) is 30.3 Å². The van der Waals surface area contributed by atoms with Crippen LogP contribution in [0.4, 0.5) is 0 Å². The molecule has 0 aliphatic heterocycles. The van der Waals surface area contributed by atoms with Crippen LogP contribution in [0.1, 0.15) is 0 Å². The molecule has 1 atom stereocenters. The molecular formula is C11H13FeNO3P. The van der Waals surface area contributed by atoms with Gasteiger partial charge < -0.3 is 15.2 Å². The first-order valence-electron chi connectivity index (χ1n) is 4.72. The molecule has 0 saturated carbocycles. The van der Waals surface area contributed by atoms with Crippen LogP contribution < -0.4 is 15.2 Å². The number of nitrogens with two attached hydrogens (primary N) is 1. The van der Waals surface area contributed by atoms with Gasteiger partial charge in [-0.05, 0) is 0 Å². The summed E-state index contributed by atoms with van der Waals surface area (Å²) in [5, 5.41) is 0. The molecule has 0 amide bonds. The zero-order valence-corrected chi connectivity index (χ0v) is 11.0. The van der Waals surface area contributed by atoms with Gasteiger partial charge in [0.05, 0.1) is 6.29 Å². The first kappa shape index (κ1) is 16.2. The van der Waals surface area contributed by atoms with Crippen molar-refractivity contribution >= 4 is 7.60 Å². The van der Waals surface area contributed by atoms with Crippen molar-refractivity contribution in [2.24, 2.45) is 5.73 Å². The minimum atomic E-state index is -3.83. The topological polar surface area (TPSA) is 75.4 Å². The molecule has 6 heteroatoms. The Labute approximate surface area is 111 Å².